The zero-order valence-electron chi connectivity index (χ0n) is 16.6. The molecule has 0 N–H and O–H groups in total. The lowest BCUT2D eigenvalue weighted by Gasteiger charge is -2.13. The van der Waals surface area contributed by atoms with Gasteiger partial charge in [0.1, 0.15) is 4.32 Å². The summed E-state index contributed by atoms with van der Waals surface area (Å²) in [4.78, 5) is 24.6. The van der Waals surface area contributed by atoms with Crippen LogP contribution in [0.4, 0.5) is 18.9 Å². The van der Waals surface area contributed by atoms with Crippen molar-refractivity contribution in [2.75, 3.05) is 13.7 Å². The molecule has 7 nitrogen and oxygen atoms in total. The molecule has 3 rings (SSSR count). The number of thiocarbonyl (C=S) groups is 1. The Morgan fingerprint density at radius 3 is 2.44 bits per heavy atom. The highest BCUT2D eigenvalue weighted by atomic mass is 32.2. The van der Waals surface area contributed by atoms with Crippen LogP contribution in [0.3, 0.4) is 0 Å². The molecule has 0 aromatic heterocycles. The fourth-order valence-corrected chi connectivity index (χ4v) is 4.21. The van der Waals surface area contributed by atoms with Gasteiger partial charge in [0.05, 0.1) is 22.5 Å². The Bertz CT molecular complexity index is 1130. The molecule has 32 heavy (non-hydrogen) atoms. The van der Waals surface area contributed by atoms with Gasteiger partial charge in [0, 0.05) is 12.6 Å². The summed E-state index contributed by atoms with van der Waals surface area (Å²) in [5, 5.41) is 11.3. The Hall–Kier alpha value is -3.12. The van der Waals surface area contributed by atoms with Gasteiger partial charge in [-0.05, 0) is 42.8 Å². The lowest BCUT2D eigenvalue weighted by Crippen LogP contribution is -2.27. The smallest absolute Gasteiger partial charge is 0.416 e. The second-order valence-electron chi connectivity index (χ2n) is 6.38. The number of alkyl halides is 3. The van der Waals surface area contributed by atoms with Crippen LogP contribution in [0.15, 0.2) is 41.3 Å². The maximum absolute atomic E-state index is 12.9. The van der Waals surface area contributed by atoms with Crippen LogP contribution in [-0.2, 0) is 11.0 Å². The lowest BCUT2D eigenvalue weighted by molar-refractivity contribution is -0.385. The van der Waals surface area contributed by atoms with Crippen molar-refractivity contribution in [1.82, 2.24) is 4.90 Å². The number of amides is 1. The van der Waals surface area contributed by atoms with E-state index < -0.39 is 22.4 Å². The molecule has 1 saturated heterocycles. The zero-order valence-corrected chi connectivity index (χ0v) is 18.3. The molecule has 168 valence electrons. The van der Waals surface area contributed by atoms with E-state index in [1.807, 2.05) is 6.92 Å². The van der Waals surface area contributed by atoms with Gasteiger partial charge in [-0.3, -0.25) is 19.8 Å². The fraction of sp³-hybridized carbons (Fsp3) is 0.200. The third-order valence-electron chi connectivity index (χ3n) is 4.38. The molecule has 0 radical (unpaired) electrons. The number of hydrogen-bond donors (Lipinski definition) is 0. The van der Waals surface area contributed by atoms with Crippen molar-refractivity contribution >= 4 is 46.0 Å². The van der Waals surface area contributed by atoms with Gasteiger partial charge in [-0.15, -0.1) is 0 Å². The van der Waals surface area contributed by atoms with Crippen LogP contribution < -0.4 is 9.47 Å². The Balaban J connectivity index is 1.93. The van der Waals surface area contributed by atoms with Crippen molar-refractivity contribution in [2.45, 2.75) is 13.1 Å². The first-order chi connectivity index (χ1) is 15.0. The molecule has 1 fully saturated rings. The molecule has 0 spiro atoms. The van der Waals surface area contributed by atoms with E-state index in [0.717, 1.165) is 17.8 Å². The predicted octanol–water partition coefficient (Wildman–Crippen LogP) is 5.64. The molecule has 0 atom stereocenters. The van der Waals surface area contributed by atoms with Crippen molar-refractivity contribution < 1.29 is 32.4 Å². The number of likely N-dealkylation sites (N-methyl/N-ethyl adjacent to an activating group) is 1. The third-order valence-corrected chi connectivity index (χ3v) is 5.76. The number of nitrogens with zero attached hydrogens (tertiary/aromatic N) is 2. The third kappa shape index (κ3) is 4.86. The molecule has 2 aromatic carbocycles. The molecule has 12 heteroatoms. The summed E-state index contributed by atoms with van der Waals surface area (Å²) in [6.45, 7) is 2.26. The molecule has 0 bridgehead atoms. The highest BCUT2D eigenvalue weighted by molar-refractivity contribution is 8.26. The Labute approximate surface area is 189 Å². The first kappa shape index (κ1) is 23.5. The summed E-state index contributed by atoms with van der Waals surface area (Å²) >= 11 is 6.33. The summed E-state index contributed by atoms with van der Waals surface area (Å²) in [7, 11) is 1.34. The topological polar surface area (TPSA) is 81.9 Å². The number of rotatable bonds is 6. The number of methoxy groups -OCH3 is 1. The molecule has 2 aromatic rings. The predicted molar refractivity (Wildman–Crippen MR) is 117 cm³/mol. The number of nitro benzene ring substituents is 1. The standard InChI is InChI=1S/C20H15F3N2O5S2/c1-3-24-18(26)17(32-19(24)31)9-11-4-6-15(16(8-11)29-2)30-14-7-5-12(20(21,22)23)10-13(14)25(27)28/h4-10H,3H2,1-2H3/b17-9+. The van der Waals surface area contributed by atoms with Gasteiger partial charge in [-0.25, -0.2) is 0 Å². The molecule has 1 aliphatic rings. The van der Waals surface area contributed by atoms with Crippen molar-refractivity contribution in [3.05, 3.63) is 62.5 Å². The number of carbonyl (C=O) groups is 1. The van der Waals surface area contributed by atoms with Gasteiger partial charge in [0.15, 0.2) is 11.5 Å². The molecule has 1 amide bonds. The minimum absolute atomic E-state index is 0.0496. The largest absolute Gasteiger partial charge is 0.493 e. The Morgan fingerprint density at radius 2 is 1.88 bits per heavy atom. The Morgan fingerprint density at radius 1 is 1.19 bits per heavy atom. The van der Waals surface area contributed by atoms with Crippen molar-refractivity contribution in [3.63, 3.8) is 0 Å². The number of hydrogen-bond acceptors (Lipinski definition) is 7. The summed E-state index contributed by atoms with van der Waals surface area (Å²) in [5.41, 5.74) is -1.43. The number of benzene rings is 2. The number of thioether (sulfide) groups is 1. The number of nitro groups is 1. The quantitative estimate of drug-likeness (QED) is 0.227. The van der Waals surface area contributed by atoms with Crippen LogP contribution in [0.5, 0.6) is 17.2 Å². The summed E-state index contributed by atoms with van der Waals surface area (Å²) in [6.07, 6.45) is -3.12. The van der Waals surface area contributed by atoms with Gasteiger partial charge >= 0.3 is 11.9 Å². The first-order valence-corrected chi connectivity index (χ1v) is 10.2. The van der Waals surface area contributed by atoms with Crippen LogP contribution >= 0.6 is 24.0 Å². The van der Waals surface area contributed by atoms with E-state index in [4.69, 9.17) is 21.7 Å². The van der Waals surface area contributed by atoms with Gasteiger partial charge < -0.3 is 9.47 Å². The van der Waals surface area contributed by atoms with Crippen molar-refractivity contribution in [1.29, 1.82) is 0 Å². The normalized spacial score (nSPS) is 15.4. The molecular formula is C20H15F3N2O5S2. The number of ether oxygens (including phenoxy) is 2. The Kier molecular flexibility index (Phi) is 6.74. The van der Waals surface area contributed by atoms with Crippen LogP contribution in [0.1, 0.15) is 18.1 Å². The van der Waals surface area contributed by atoms with Gasteiger partial charge in [-0.2, -0.15) is 13.2 Å². The molecular weight excluding hydrogens is 469 g/mol. The van der Waals surface area contributed by atoms with Gasteiger partial charge in [-0.1, -0.05) is 30.0 Å². The van der Waals surface area contributed by atoms with Crippen molar-refractivity contribution in [2.24, 2.45) is 0 Å². The van der Waals surface area contributed by atoms with E-state index >= 15 is 0 Å². The van der Waals surface area contributed by atoms with Crippen molar-refractivity contribution in [3.8, 4) is 17.2 Å². The zero-order chi connectivity index (χ0) is 23.6. The molecule has 0 unspecified atom stereocenters. The van der Waals surface area contributed by atoms with E-state index in [0.29, 0.717) is 33.5 Å². The first-order valence-electron chi connectivity index (χ1n) is 9.02. The van der Waals surface area contributed by atoms with E-state index in [1.165, 1.54) is 24.1 Å². The molecule has 1 heterocycles. The van der Waals surface area contributed by atoms with Crippen LogP contribution in [-0.4, -0.2) is 33.7 Å². The fourth-order valence-electron chi connectivity index (χ4n) is 2.82. The second-order valence-corrected chi connectivity index (χ2v) is 8.05. The maximum atomic E-state index is 12.9. The van der Waals surface area contributed by atoms with Crippen LogP contribution in [0, 0.1) is 10.1 Å². The van der Waals surface area contributed by atoms with Crippen LogP contribution in [0.25, 0.3) is 6.08 Å². The second kappa shape index (κ2) is 9.17. The van der Waals surface area contributed by atoms with E-state index in [2.05, 4.69) is 0 Å². The minimum atomic E-state index is -4.73. The SMILES string of the molecule is CCN1C(=O)/C(=C\c2ccc(Oc3ccc(C(F)(F)F)cc3[N+](=O)[O-])c(OC)c2)SC1=S. The molecule has 1 aliphatic heterocycles. The van der Waals surface area contributed by atoms with E-state index in [1.54, 1.807) is 12.1 Å². The number of halogens is 3. The molecule has 0 aliphatic carbocycles. The maximum Gasteiger partial charge on any atom is 0.416 e. The molecule has 0 saturated carbocycles. The highest BCUT2D eigenvalue weighted by Gasteiger charge is 2.34. The summed E-state index contributed by atoms with van der Waals surface area (Å²) < 4.78 is 49.9. The average molecular weight is 484 g/mol. The number of carbonyl (C=O) groups excluding carboxylic acids is 1. The average Bonchev–Trinajstić information content (AvgIpc) is 3.00. The highest BCUT2D eigenvalue weighted by Crippen LogP contribution is 2.41. The van der Waals surface area contributed by atoms with Crippen LogP contribution in [0.2, 0.25) is 0 Å². The summed E-state index contributed by atoms with van der Waals surface area (Å²) in [5.74, 6) is -0.382. The monoisotopic (exact) mass is 484 g/mol. The lowest BCUT2D eigenvalue weighted by atomic mass is 10.1. The minimum Gasteiger partial charge on any atom is -0.493 e. The summed E-state index contributed by atoms with van der Waals surface area (Å²) in [6, 6.07) is 6.53. The van der Waals surface area contributed by atoms with E-state index in [-0.39, 0.29) is 23.2 Å². The van der Waals surface area contributed by atoms with Gasteiger partial charge in [0.2, 0.25) is 5.75 Å². The van der Waals surface area contributed by atoms with Gasteiger partial charge in [0.25, 0.3) is 5.91 Å². The van der Waals surface area contributed by atoms with E-state index in [9.17, 15) is 28.1 Å².